The van der Waals surface area contributed by atoms with Crippen molar-refractivity contribution in [2.24, 2.45) is 0 Å². The molecule has 0 bridgehead atoms. The predicted molar refractivity (Wildman–Crippen MR) is 105 cm³/mol. The molecule has 0 saturated heterocycles. The number of thiophene rings is 1. The van der Waals surface area contributed by atoms with Crippen molar-refractivity contribution in [1.82, 2.24) is 14.8 Å². The largest absolute Gasteiger partial charge is 0.371 e. The SMILES string of the molecule is CCC(=O)CC(C)(O)Nc1cc(-c2sccc2-n2c(C)ccc2C)[nH]n1. The zero-order valence-corrected chi connectivity index (χ0v) is 16.3. The summed E-state index contributed by atoms with van der Waals surface area (Å²) >= 11 is 1.63. The van der Waals surface area contributed by atoms with Gasteiger partial charge in [-0.15, -0.1) is 11.3 Å². The first-order valence-corrected chi connectivity index (χ1v) is 9.49. The third kappa shape index (κ3) is 3.73. The number of ketones is 1. The number of H-pyrrole nitrogens is 1. The van der Waals surface area contributed by atoms with Gasteiger partial charge in [-0.3, -0.25) is 9.89 Å². The number of rotatable bonds is 7. The van der Waals surface area contributed by atoms with Gasteiger partial charge in [-0.2, -0.15) is 5.10 Å². The lowest BCUT2D eigenvalue weighted by atomic mass is 10.1. The molecule has 26 heavy (non-hydrogen) atoms. The van der Waals surface area contributed by atoms with Crippen LogP contribution in [-0.2, 0) is 4.79 Å². The first kappa shape index (κ1) is 18.4. The summed E-state index contributed by atoms with van der Waals surface area (Å²) in [6.45, 7) is 7.53. The first-order valence-electron chi connectivity index (χ1n) is 8.61. The van der Waals surface area contributed by atoms with Crippen molar-refractivity contribution >= 4 is 22.9 Å². The number of hydrogen-bond donors (Lipinski definition) is 3. The summed E-state index contributed by atoms with van der Waals surface area (Å²) in [4.78, 5) is 12.7. The van der Waals surface area contributed by atoms with E-state index in [0.29, 0.717) is 12.2 Å². The fourth-order valence-corrected chi connectivity index (χ4v) is 3.90. The second-order valence-corrected chi connectivity index (χ2v) is 7.64. The molecule has 0 fully saturated rings. The van der Waals surface area contributed by atoms with Gasteiger partial charge in [0.15, 0.2) is 5.82 Å². The van der Waals surface area contributed by atoms with Crippen molar-refractivity contribution in [2.75, 3.05) is 5.32 Å². The molecule has 1 atom stereocenters. The summed E-state index contributed by atoms with van der Waals surface area (Å²) in [5.74, 6) is 0.506. The van der Waals surface area contributed by atoms with Crippen molar-refractivity contribution in [2.45, 2.75) is 46.3 Å². The van der Waals surface area contributed by atoms with E-state index < -0.39 is 5.72 Å². The Hall–Kier alpha value is -2.38. The maximum Gasteiger partial charge on any atom is 0.150 e. The number of anilines is 1. The number of nitrogens with one attached hydrogen (secondary N) is 2. The monoisotopic (exact) mass is 372 g/mol. The Morgan fingerprint density at radius 1 is 1.35 bits per heavy atom. The van der Waals surface area contributed by atoms with Gasteiger partial charge in [-0.05, 0) is 44.4 Å². The second kappa shape index (κ2) is 7.09. The van der Waals surface area contributed by atoms with Crippen molar-refractivity contribution < 1.29 is 9.90 Å². The van der Waals surface area contributed by atoms with Gasteiger partial charge in [0.1, 0.15) is 11.5 Å². The summed E-state index contributed by atoms with van der Waals surface area (Å²) in [5, 5.41) is 22.7. The minimum absolute atomic E-state index is 0.00244. The molecule has 3 aromatic heterocycles. The molecule has 3 rings (SSSR count). The Balaban J connectivity index is 1.86. The number of Topliss-reactive ketones (excluding diaryl/α,β-unsaturated/α-hetero) is 1. The molecule has 6 nitrogen and oxygen atoms in total. The maximum absolute atomic E-state index is 11.6. The van der Waals surface area contributed by atoms with Crippen LogP contribution in [0.2, 0.25) is 0 Å². The molecular weight excluding hydrogens is 348 g/mol. The average molecular weight is 372 g/mol. The Morgan fingerprint density at radius 2 is 2.04 bits per heavy atom. The van der Waals surface area contributed by atoms with E-state index >= 15 is 0 Å². The minimum atomic E-state index is -1.33. The van der Waals surface area contributed by atoms with Crippen LogP contribution in [0.4, 0.5) is 5.82 Å². The number of aromatic amines is 1. The number of hydrogen-bond acceptors (Lipinski definition) is 5. The van der Waals surface area contributed by atoms with Crippen LogP contribution in [0.3, 0.4) is 0 Å². The molecule has 138 valence electrons. The lowest BCUT2D eigenvalue weighted by molar-refractivity contribution is -0.122. The maximum atomic E-state index is 11.6. The highest BCUT2D eigenvalue weighted by molar-refractivity contribution is 7.14. The van der Waals surface area contributed by atoms with Crippen LogP contribution in [0.15, 0.2) is 29.6 Å². The summed E-state index contributed by atoms with van der Waals surface area (Å²) in [5.41, 5.74) is 2.97. The van der Waals surface area contributed by atoms with E-state index in [2.05, 4.69) is 52.1 Å². The molecule has 0 spiro atoms. The van der Waals surface area contributed by atoms with Gasteiger partial charge >= 0.3 is 0 Å². The number of carbonyl (C=O) groups is 1. The summed E-state index contributed by atoms with van der Waals surface area (Å²) < 4.78 is 2.20. The Labute approximate surface area is 156 Å². The van der Waals surface area contributed by atoms with Crippen LogP contribution in [0.5, 0.6) is 0 Å². The zero-order valence-electron chi connectivity index (χ0n) is 15.5. The molecule has 1 unspecified atom stereocenters. The molecule has 3 aromatic rings. The molecule has 0 aromatic carbocycles. The molecule has 3 heterocycles. The fourth-order valence-electron chi connectivity index (χ4n) is 3.06. The number of aromatic nitrogens is 3. The van der Waals surface area contributed by atoms with Crippen molar-refractivity contribution in [3.05, 3.63) is 41.0 Å². The fraction of sp³-hybridized carbons (Fsp3) is 0.368. The number of aryl methyl sites for hydroxylation is 2. The quantitative estimate of drug-likeness (QED) is 0.547. The van der Waals surface area contributed by atoms with Crippen LogP contribution >= 0.6 is 11.3 Å². The van der Waals surface area contributed by atoms with Crippen molar-refractivity contribution in [1.29, 1.82) is 0 Å². The van der Waals surface area contributed by atoms with Gasteiger partial charge in [0.2, 0.25) is 0 Å². The van der Waals surface area contributed by atoms with Gasteiger partial charge in [0.05, 0.1) is 22.7 Å². The number of carbonyl (C=O) groups excluding carboxylic acids is 1. The van der Waals surface area contributed by atoms with Crippen LogP contribution in [-0.4, -0.2) is 31.4 Å². The normalized spacial score (nSPS) is 13.6. The summed E-state index contributed by atoms with van der Waals surface area (Å²) in [6, 6.07) is 8.13. The molecule has 0 saturated carbocycles. The smallest absolute Gasteiger partial charge is 0.150 e. The predicted octanol–water partition coefficient (Wildman–Crippen LogP) is 4.04. The van der Waals surface area contributed by atoms with Crippen LogP contribution < -0.4 is 5.32 Å². The summed E-state index contributed by atoms with van der Waals surface area (Å²) in [7, 11) is 0. The van der Waals surface area contributed by atoms with Crippen LogP contribution in [0, 0.1) is 13.8 Å². The standard InChI is InChI=1S/C19H24N4O2S/c1-5-14(24)11-19(4,25)20-17-10-15(21-22-17)18-16(8-9-26-18)23-12(2)6-7-13(23)3/h6-10,25H,5,11H2,1-4H3,(H2,20,21,22). The van der Waals surface area contributed by atoms with Crippen LogP contribution in [0.25, 0.3) is 16.3 Å². The lowest BCUT2D eigenvalue weighted by Gasteiger charge is -2.23. The molecule has 0 aliphatic carbocycles. The van der Waals surface area contributed by atoms with Crippen LogP contribution in [0.1, 0.15) is 38.1 Å². The van der Waals surface area contributed by atoms with E-state index in [1.807, 2.05) is 11.4 Å². The third-order valence-corrected chi connectivity index (χ3v) is 5.25. The molecule has 0 radical (unpaired) electrons. The summed E-state index contributed by atoms with van der Waals surface area (Å²) in [6.07, 6.45) is 0.440. The molecule has 3 N–H and O–H groups in total. The lowest BCUT2D eigenvalue weighted by Crippen LogP contribution is -2.36. The van der Waals surface area contributed by atoms with E-state index in [9.17, 15) is 9.90 Å². The van der Waals surface area contributed by atoms with Gasteiger partial charge in [-0.25, -0.2) is 0 Å². The third-order valence-electron chi connectivity index (χ3n) is 4.31. The zero-order chi connectivity index (χ0) is 18.9. The molecule has 0 amide bonds. The number of nitrogens with zero attached hydrogens (tertiary/aromatic N) is 2. The van der Waals surface area contributed by atoms with Crippen molar-refractivity contribution in [3.63, 3.8) is 0 Å². The molecular formula is C19H24N4O2S. The number of aliphatic hydroxyl groups is 1. The molecule has 0 aliphatic heterocycles. The first-order chi connectivity index (χ1) is 12.3. The Kier molecular flexibility index (Phi) is 5.02. The van der Waals surface area contributed by atoms with Gasteiger partial charge in [-0.1, -0.05) is 6.92 Å². The molecule has 7 heteroatoms. The van der Waals surface area contributed by atoms with E-state index in [0.717, 1.165) is 16.3 Å². The van der Waals surface area contributed by atoms with E-state index in [4.69, 9.17) is 0 Å². The van der Waals surface area contributed by atoms with Gasteiger partial charge in [0, 0.05) is 23.9 Å². The average Bonchev–Trinajstić information content (AvgIpc) is 3.27. The van der Waals surface area contributed by atoms with Gasteiger partial charge in [0.25, 0.3) is 0 Å². The second-order valence-electron chi connectivity index (χ2n) is 6.72. The van der Waals surface area contributed by atoms with E-state index in [1.54, 1.807) is 25.2 Å². The van der Waals surface area contributed by atoms with Crippen molar-refractivity contribution in [3.8, 4) is 16.3 Å². The Bertz CT molecular complexity index is 900. The Morgan fingerprint density at radius 3 is 2.69 bits per heavy atom. The van der Waals surface area contributed by atoms with Gasteiger partial charge < -0.3 is 15.0 Å². The van der Waals surface area contributed by atoms with E-state index in [1.165, 1.54) is 11.4 Å². The minimum Gasteiger partial charge on any atom is -0.371 e. The highest BCUT2D eigenvalue weighted by Gasteiger charge is 2.24. The highest BCUT2D eigenvalue weighted by Crippen LogP contribution is 2.34. The van der Waals surface area contributed by atoms with E-state index in [-0.39, 0.29) is 12.2 Å². The molecule has 0 aliphatic rings. The highest BCUT2D eigenvalue weighted by atomic mass is 32.1. The topological polar surface area (TPSA) is 82.9 Å².